The summed E-state index contributed by atoms with van der Waals surface area (Å²) in [4.78, 5) is 14.3. The van der Waals surface area contributed by atoms with Crippen molar-refractivity contribution in [1.29, 1.82) is 0 Å². The van der Waals surface area contributed by atoms with Crippen molar-refractivity contribution in [3.8, 4) is 0 Å². The first-order chi connectivity index (χ1) is 9.77. The van der Waals surface area contributed by atoms with Gasteiger partial charge in [-0.05, 0) is 24.6 Å². The summed E-state index contributed by atoms with van der Waals surface area (Å²) in [5.41, 5.74) is 0.216. The maximum absolute atomic E-state index is 12.4. The van der Waals surface area contributed by atoms with E-state index in [1.54, 1.807) is 31.2 Å². The van der Waals surface area contributed by atoms with E-state index in [0.29, 0.717) is 11.3 Å². The molecule has 0 bridgehead atoms. The molecule has 0 aliphatic carbocycles. The van der Waals surface area contributed by atoms with Crippen molar-refractivity contribution in [2.45, 2.75) is 19.0 Å². The summed E-state index contributed by atoms with van der Waals surface area (Å²) in [5, 5.41) is 12.7. The topological polar surface area (TPSA) is 62.2 Å². The van der Waals surface area contributed by atoms with E-state index in [0.717, 1.165) is 16.7 Å². The van der Waals surface area contributed by atoms with E-state index >= 15 is 0 Å². The van der Waals surface area contributed by atoms with Gasteiger partial charge in [-0.25, -0.2) is 4.98 Å². The normalized spacial score (nSPS) is 12.4. The summed E-state index contributed by atoms with van der Waals surface area (Å²) in [7, 11) is 0. The molecular formula is C13H12F3N2NaO2S. The Kier molecular flexibility index (Phi) is 6.42. The third kappa shape index (κ3) is 4.70. The number of anilines is 2. The van der Waals surface area contributed by atoms with Gasteiger partial charge in [-0.1, -0.05) is 12.1 Å². The summed E-state index contributed by atoms with van der Waals surface area (Å²) in [5.74, 6) is -1.58. The van der Waals surface area contributed by atoms with E-state index in [-0.39, 0.29) is 34.7 Å². The van der Waals surface area contributed by atoms with Crippen LogP contribution < -0.4 is 5.32 Å². The van der Waals surface area contributed by atoms with Gasteiger partial charge < -0.3 is 10.4 Å². The van der Waals surface area contributed by atoms with Gasteiger partial charge >= 0.3 is 41.7 Å². The van der Waals surface area contributed by atoms with Gasteiger partial charge in [0.2, 0.25) is 0 Å². The Morgan fingerprint density at radius 3 is 2.36 bits per heavy atom. The van der Waals surface area contributed by atoms with E-state index in [9.17, 15) is 18.0 Å². The van der Waals surface area contributed by atoms with Gasteiger partial charge in [0.25, 0.3) is 0 Å². The first-order valence-electron chi connectivity index (χ1n) is 5.90. The molecule has 0 aliphatic rings. The van der Waals surface area contributed by atoms with Crippen molar-refractivity contribution >= 4 is 57.7 Å². The molecule has 0 fully saturated rings. The fourth-order valence-corrected chi connectivity index (χ4v) is 2.32. The van der Waals surface area contributed by atoms with E-state index < -0.39 is 23.8 Å². The molecule has 0 radical (unpaired) electrons. The molecule has 2 aromatic rings. The molecule has 1 aromatic heterocycles. The van der Waals surface area contributed by atoms with Gasteiger partial charge in [0, 0.05) is 11.1 Å². The van der Waals surface area contributed by atoms with Crippen molar-refractivity contribution < 1.29 is 23.1 Å². The number of carboxylic acid groups (broad SMARTS) is 1. The summed E-state index contributed by atoms with van der Waals surface area (Å²) >= 11 is 0.850. The van der Waals surface area contributed by atoms with Crippen LogP contribution in [0.15, 0.2) is 29.6 Å². The van der Waals surface area contributed by atoms with Gasteiger partial charge in [-0.3, -0.25) is 4.79 Å². The maximum atomic E-state index is 12.4. The quantitative estimate of drug-likeness (QED) is 0.837. The number of carbonyl (C=O) groups is 1. The molecule has 0 saturated carbocycles. The van der Waals surface area contributed by atoms with Crippen molar-refractivity contribution in [2.24, 2.45) is 0 Å². The van der Waals surface area contributed by atoms with Crippen molar-refractivity contribution in [2.75, 3.05) is 5.32 Å². The molecule has 1 heterocycles. The molecule has 114 valence electrons. The second kappa shape index (κ2) is 7.45. The monoisotopic (exact) mass is 340 g/mol. The minimum absolute atomic E-state index is 0. The average Bonchev–Trinajstić information content (AvgIpc) is 2.87. The molecule has 1 aromatic carbocycles. The standard InChI is InChI=1S/C13H11F3N2O2S.Na.H/c1-7(11(19)20)8-2-4-9(5-3-8)17-12-18-10(6-21-12)13(14,15)16;;/h2-7H,1H3,(H,17,18)(H,19,20);;/t7-;;/m0../s1. The number of nitrogens with one attached hydrogen (secondary N) is 1. The van der Waals surface area contributed by atoms with Crippen LogP contribution in [0.2, 0.25) is 0 Å². The predicted molar refractivity (Wildman–Crippen MR) is 80.0 cm³/mol. The Balaban J connectivity index is 0.00000242. The average molecular weight is 340 g/mol. The van der Waals surface area contributed by atoms with Crippen LogP contribution in [0.1, 0.15) is 24.1 Å². The fraction of sp³-hybridized carbons (Fsp3) is 0.231. The Labute approximate surface area is 150 Å². The number of hydrogen-bond acceptors (Lipinski definition) is 4. The molecule has 4 nitrogen and oxygen atoms in total. The number of nitrogens with zero attached hydrogens (tertiary/aromatic N) is 1. The molecule has 2 N–H and O–H groups in total. The van der Waals surface area contributed by atoms with E-state index in [4.69, 9.17) is 5.11 Å². The molecule has 1 atom stereocenters. The molecule has 2 rings (SSSR count). The minimum atomic E-state index is -4.46. The van der Waals surface area contributed by atoms with Crippen LogP contribution in [0.5, 0.6) is 0 Å². The van der Waals surface area contributed by atoms with Gasteiger partial charge in [-0.15, -0.1) is 11.3 Å². The second-order valence-electron chi connectivity index (χ2n) is 4.34. The number of aliphatic carboxylic acids is 1. The molecule has 22 heavy (non-hydrogen) atoms. The Hall–Kier alpha value is -1.09. The molecule has 0 spiro atoms. The zero-order valence-corrected chi connectivity index (χ0v) is 11.6. The number of thiazole rings is 1. The van der Waals surface area contributed by atoms with E-state index in [1.165, 1.54) is 0 Å². The fourth-order valence-electron chi connectivity index (χ4n) is 1.58. The van der Waals surface area contributed by atoms with Crippen LogP contribution in [0, 0.1) is 0 Å². The molecule has 0 unspecified atom stereocenters. The van der Waals surface area contributed by atoms with E-state index in [1.807, 2.05) is 0 Å². The van der Waals surface area contributed by atoms with Crippen LogP contribution in [-0.2, 0) is 11.0 Å². The van der Waals surface area contributed by atoms with Gasteiger partial charge in [0.05, 0.1) is 5.92 Å². The molecule has 0 saturated heterocycles. The summed E-state index contributed by atoms with van der Waals surface area (Å²) in [6, 6.07) is 6.42. The first-order valence-corrected chi connectivity index (χ1v) is 6.78. The summed E-state index contributed by atoms with van der Waals surface area (Å²) in [6.45, 7) is 1.56. The van der Waals surface area contributed by atoms with Crippen molar-refractivity contribution in [3.05, 3.63) is 40.9 Å². The van der Waals surface area contributed by atoms with Crippen molar-refractivity contribution in [1.82, 2.24) is 4.98 Å². The Bertz CT molecular complexity index is 643. The summed E-state index contributed by atoms with van der Waals surface area (Å²) < 4.78 is 37.3. The molecule has 0 aliphatic heterocycles. The number of rotatable bonds is 4. The van der Waals surface area contributed by atoms with Crippen LogP contribution >= 0.6 is 11.3 Å². The number of benzene rings is 1. The Morgan fingerprint density at radius 2 is 1.91 bits per heavy atom. The van der Waals surface area contributed by atoms with Crippen LogP contribution in [0.3, 0.4) is 0 Å². The number of alkyl halides is 3. The number of hydrogen-bond donors (Lipinski definition) is 2. The van der Waals surface area contributed by atoms with Crippen molar-refractivity contribution in [3.63, 3.8) is 0 Å². The predicted octanol–water partition coefficient (Wildman–Crippen LogP) is 3.45. The zero-order chi connectivity index (χ0) is 15.6. The first kappa shape index (κ1) is 19.0. The summed E-state index contributed by atoms with van der Waals surface area (Å²) in [6.07, 6.45) is -4.46. The van der Waals surface area contributed by atoms with Gasteiger partial charge in [0.15, 0.2) is 10.8 Å². The third-order valence-electron chi connectivity index (χ3n) is 2.83. The Morgan fingerprint density at radius 1 is 1.32 bits per heavy atom. The van der Waals surface area contributed by atoms with Crippen LogP contribution in [0.4, 0.5) is 24.0 Å². The number of halogens is 3. The SMILES string of the molecule is C[C@H](C(=O)O)c1ccc(Nc2nc(C(F)(F)F)cs2)cc1.[NaH]. The number of aromatic nitrogens is 1. The zero-order valence-electron chi connectivity index (χ0n) is 10.8. The third-order valence-corrected chi connectivity index (χ3v) is 3.58. The molecular weight excluding hydrogens is 328 g/mol. The van der Waals surface area contributed by atoms with E-state index in [2.05, 4.69) is 10.3 Å². The second-order valence-corrected chi connectivity index (χ2v) is 5.20. The molecule has 0 amide bonds. The van der Waals surface area contributed by atoms with Crippen LogP contribution in [-0.4, -0.2) is 45.6 Å². The van der Waals surface area contributed by atoms with Crippen LogP contribution in [0.25, 0.3) is 0 Å². The molecule has 9 heteroatoms. The van der Waals surface area contributed by atoms with Gasteiger partial charge in [-0.2, -0.15) is 13.2 Å². The van der Waals surface area contributed by atoms with Gasteiger partial charge in [0.1, 0.15) is 0 Å². The number of carboxylic acids is 1.